The lowest BCUT2D eigenvalue weighted by Gasteiger charge is -2.09. The number of hydrogen-bond donors (Lipinski definition) is 1. The number of rotatable bonds is 3. The van der Waals surface area contributed by atoms with Gasteiger partial charge in [0, 0.05) is 11.8 Å². The van der Waals surface area contributed by atoms with Gasteiger partial charge in [0.15, 0.2) is 0 Å². The van der Waals surface area contributed by atoms with Crippen LogP contribution >= 0.6 is 15.9 Å². The van der Waals surface area contributed by atoms with Crippen molar-refractivity contribution in [1.29, 1.82) is 0 Å². The number of amides is 1. The number of methoxy groups -OCH3 is 1. The molecule has 20 heavy (non-hydrogen) atoms. The van der Waals surface area contributed by atoms with E-state index >= 15 is 0 Å². The van der Waals surface area contributed by atoms with Crippen LogP contribution in [0, 0.1) is 12.7 Å². The van der Waals surface area contributed by atoms with Gasteiger partial charge in [-0.25, -0.2) is 4.39 Å². The van der Waals surface area contributed by atoms with Crippen LogP contribution in [0.4, 0.5) is 10.1 Å². The minimum Gasteiger partial charge on any atom is -0.495 e. The number of halogens is 2. The van der Waals surface area contributed by atoms with Gasteiger partial charge in [-0.15, -0.1) is 0 Å². The fourth-order valence-corrected chi connectivity index (χ4v) is 2.17. The van der Waals surface area contributed by atoms with Crippen molar-refractivity contribution in [3.05, 3.63) is 57.8 Å². The summed E-state index contributed by atoms with van der Waals surface area (Å²) in [6, 6.07) is 9.84. The molecule has 3 nitrogen and oxygen atoms in total. The van der Waals surface area contributed by atoms with Crippen LogP contribution in [0.3, 0.4) is 0 Å². The lowest BCUT2D eigenvalue weighted by molar-refractivity contribution is 0.102. The van der Waals surface area contributed by atoms with Crippen molar-refractivity contribution >= 4 is 27.5 Å². The molecule has 0 saturated carbocycles. The summed E-state index contributed by atoms with van der Waals surface area (Å²) in [6.45, 7) is 1.62. The van der Waals surface area contributed by atoms with Gasteiger partial charge in [0.2, 0.25) is 0 Å². The lowest BCUT2D eigenvalue weighted by atomic mass is 10.1. The van der Waals surface area contributed by atoms with Crippen LogP contribution in [-0.2, 0) is 0 Å². The number of nitrogens with one attached hydrogen (secondary N) is 1. The van der Waals surface area contributed by atoms with E-state index in [9.17, 15) is 9.18 Å². The van der Waals surface area contributed by atoms with E-state index < -0.39 is 11.7 Å². The quantitative estimate of drug-likeness (QED) is 0.913. The molecule has 0 bridgehead atoms. The topological polar surface area (TPSA) is 38.3 Å². The van der Waals surface area contributed by atoms with E-state index in [4.69, 9.17) is 4.74 Å². The fraction of sp³-hybridized carbons (Fsp3) is 0.133. The van der Waals surface area contributed by atoms with Gasteiger partial charge in [0.05, 0.1) is 17.1 Å². The molecule has 0 radical (unpaired) electrons. The third-order valence-electron chi connectivity index (χ3n) is 2.85. The Kier molecular flexibility index (Phi) is 4.39. The monoisotopic (exact) mass is 337 g/mol. The Labute approximate surface area is 124 Å². The van der Waals surface area contributed by atoms with Crippen molar-refractivity contribution in [2.75, 3.05) is 12.4 Å². The van der Waals surface area contributed by atoms with Crippen LogP contribution in [0.15, 0.2) is 40.9 Å². The van der Waals surface area contributed by atoms with Crippen LogP contribution in [0.25, 0.3) is 0 Å². The summed E-state index contributed by atoms with van der Waals surface area (Å²) in [5.74, 6) is -0.405. The first kappa shape index (κ1) is 14.5. The number of ether oxygens (including phenoxy) is 1. The maximum atomic E-state index is 13.9. The Hall–Kier alpha value is -1.88. The molecule has 0 saturated heterocycles. The molecular weight excluding hydrogens is 325 g/mol. The van der Waals surface area contributed by atoms with Crippen LogP contribution in [0.1, 0.15) is 15.9 Å². The minimum atomic E-state index is -0.505. The molecule has 0 aromatic heterocycles. The van der Waals surface area contributed by atoms with Gasteiger partial charge in [0.1, 0.15) is 11.6 Å². The summed E-state index contributed by atoms with van der Waals surface area (Å²) in [7, 11) is 1.53. The Morgan fingerprint density at radius 3 is 2.75 bits per heavy atom. The van der Waals surface area contributed by atoms with Gasteiger partial charge >= 0.3 is 0 Å². The predicted molar refractivity (Wildman–Crippen MR) is 79.8 cm³/mol. The summed E-state index contributed by atoms with van der Waals surface area (Å²) < 4.78 is 19.8. The molecule has 0 spiro atoms. The molecule has 1 N–H and O–H groups in total. The summed E-state index contributed by atoms with van der Waals surface area (Å²) >= 11 is 3.33. The second kappa shape index (κ2) is 6.05. The van der Waals surface area contributed by atoms with E-state index in [2.05, 4.69) is 21.2 Å². The Morgan fingerprint density at radius 2 is 2.05 bits per heavy atom. The van der Waals surface area contributed by atoms with E-state index in [1.54, 1.807) is 37.3 Å². The SMILES string of the molecule is COc1cc(NC(=O)c2cccc(C)c2F)ccc1Br. The molecule has 0 aliphatic heterocycles. The Balaban J connectivity index is 2.26. The molecule has 0 heterocycles. The Bertz CT molecular complexity index is 658. The second-order valence-corrected chi connectivity index (χ2v) is 5.09. The molecule has 2 aromatic carbocycles. The van der Waals surface area contributed by atoms with Gasteiger partial charge in [-0.3, -0.25) is 4.79 Å². The molecule has 0 aliphatic carbocycles. The van der Waals surface area contributed by atoms with Gasteiger partial charge in [-0.2, -0.15) is 0 Å². The number of carbonyl (C=O) groups excluding carboxylic acids is 1. The highest BCUT2D eigenvalue weighted by molar-refractivity contribution is 9.10. The molecule has 5 heteroatoms. The zero-order valence-corrected chi connectivity index (χ0v) is 12.6. The van der Waals surface area contributed by atoms with E-state index in [1.165, 1.54) is 13.2 Å². The molecule has 104 valence electrons. The molecular formula is C15H13BrFNO2. The number of carbonyl (C=O) groups is 1. The van der Waals surface area contributed by atoms with Crippen molar-refractivity contribution in [2.24, 2.45) is 0 Å². The van der Waals surface area contributed by atoms with Crippen molar-refractivity contribution in [1.82, 2.24) is 0 Å². The highest BCUT2D eigenvalue weighted by Crippen LogP contribution is 2.28. The first-order valence-electron chi connectivity index (χ1n) is 5.93. The molecule has 0 atom stereocenters. The summed E-state index contributed by atoms with van der Waals surface area (Å²) in [5.41, 5.74) is 0.994. The number of aryl methyl sites for hydroxylation is 1. The van der Waals surface area contributed by atoms with Crippen molar-refractivity contribution in [3.8, 4) is 5.75 Å². The summed E-state index contributed by atoms with van der Waals surface area (Å²) in [4.78, 5) is 12.1. The maximum absolute atomic E-state index is 13.9. The second-order valence-electron chi connectivity index (χ2n) is 4.24. The first-order chi connectivity index (χ1) is 9.52. The minimum absolute atomic E-state index is 0.0203. The average Bonchev–Trinajstić information content (AvgIpc) is 2.43. The highest BCUT2D eigenvalue weighted by Gasteiger charge is 2.13. The normalized spacial score (nSPS) is 10.2. The van der Waals surface area contributed by atoms with Gasteiger partial charge in [-0.05, 0) is 46.6 Å². The van der Waals surface area contributed by atoms with E-state index in [-0.39, 0.29) is 5.56 Å². The molecule has 0 fully saturated rings. The molecule has 0 aliphatic rings. The van der Waals surface area contributed by atoms with E-state index in [0.717, 1.165) is 4.47 Å². The van der Waals surface area contributed by atoms with Crippen molar-refractivity contribution in [2.45, 2.75) is 6.92 Å². The van der Waals surface area contributed by atoms with Crippen LogP contribution in [0.2, 0.25) is 0 Å². The largest absolute Gasteiger partial charge is 0.495 e. The van der Waals surface area contributed by atoms with Crippen molar-refractivity contribution in [3.63, 3.8) is 0 Å². The fourth-order valence-electron chi connectivity index (χ4n) is 1.76. The van der Waals surface area contributed by atoms with Gasteiger partial charge in [0.25, 0.3) is 5.91 Å². The predicted octanol–water partition coefficient (Wildman–Crippen LogP) is 4.16. The summed E-state index contributed by atoms with van der Waals surface area (Å²) in [5, 5.41) is 2.65. The molecule has 2 aromatic rings. The average molecular weight is 338 g/mol. The maximum Gasteiger partial charge on any atom is 0.258 e. The number of anilines is 1. The summed E-state index contributed by atoms with van der Waals surface area (Å²) in [6.07, 6.45) is 0. The zero-order valence-electron chi connectivity index (χ0n) is 11.0. The zero-order chi connectivity index (χ0) is 14.7. The molecule has 2 rings (SSSR count). The standard InChI is InChI=1S/C15H13BrFNO2/c1-9-4-3-5-11(14(9)17)15(19)18-10-6-7-12(16)13(8-10)20-2/h3-8H,1-2H3,(H,18,19). The number of benzene rings is 2. The van der Waals surface area contributed by atoms with Crippen LogP contribution in [0.5, 0.6) is 5.75 Å². The van der Waals surface area contributed by atoms with E-state index in [0.29, 0.717) is 17.0 Å². The van der Waals surface area contributed by atoms with Crippen LogP contribution in [-0.4, -0.2) is 13.0 Å². The van der Waals surface area contributed by atoms with E-state index in [1.807, 2.05) is 0 Å². The number of hydrogen-bond acceptors (Lipinski definition) is 2. The molecule has 0 unspecified atom stereocenters. The molecule has 1 amide bonds. The Morgan fingerprint density at radius 1 is 1.30 bits per heavy atom. The smallest absolute Gasteiger partial charge is 0.258 e. The van der Waals surface area contributed by atoms with Crippen molar-refractivity contribution < 1.29 is 13.9 Å². The highest BCUT2D eigenvalue weighted by atomic mass is 79.9. The van der Waals surface area contributed by atoms with Gasteiger partial charge < -0.3 is 10.1 Å². The lowest BCUT2D eigenvalue weighted by Crippen LogP contribution is -2.14. The van der Waals surface area contributed by atoms with Crippen LogP contribution < -0.4 is 10.1 Å². The first-order valence-corrected chi connectivity index (χ1v) is 6.72. The third kappa shape index (κ3) is 2.99. The van der Waals surface area contributed by atoms with Gasteiger partial charge in [-0.1, -0.05) is 12.1 Å². The third-order valence-corrected chi connectivity index (χ3v) is 3.50.